The fourth-order valence-electron chi connectivity index (χ4n) is 3.48. The lowest BCUT2D eigenvalue weighted by Gasteiger charge is -2.21. The number of non-ortho nitro benzene ring substituents is 1. The van der Waals surface area contributed by atoms with Crippen molar-refractivity contribution in [2.75, 3.05) is 5.75 Å². The van der Waals surface area contributed by atoms with E-state index >= 15 is 0 Å². The van der Waals surface area contributed by atoms with Crippen LogP contribution in [0, 0.1) is 16.0 Å². The van der Waals surface area contributed by atoms with Crippen molar-refractivity contribution in [2.24, 2.45) is 13.0 Å². The molecule has 0 bridgehead atoms. The predicted molar refractivity (Wildman–Crippen MR) is 133 cm³/mol. The van der Waals surface area contributed by atoms with Crippen LogP contribution in [-0.2, 0) is 11.8 Å². The Labute approximate surface area is 207 Å². The number of nitro groups is 1. The van der Waals surface area contributed by atoms with Crippen molar-refractivity contribution in [2.45, 2.75) is 38.0 Å². The van der Waals surface area contributed by atoms with Crippen LogP contribution in [0.15, 0.2) is 59.8 Å². The molecule has 0 saturated heterocycles. The van der Waals surface area contributed by atoms with Crippen LogP contribution in [-0.4, -0.2) is 37.3 Å². The third-order valence-electron chi connectivity index (χ3n) is 5.43. The molecule has 0 aliphatic rings. The van der Waals surface area contributed by atoms with Gasteiger partial charge in [-0.3, -0.25) is 19.7 Å². The van der Waals surface area contributed by atoms with Gasteiger partial charge in [0.15, 0.2) is 11.0 Å². The summed E-state index contributed by atoms with van der Waals surface area (Å²) in [6.07, 6.45) is 0. The molecule has 1 heterocycles. The van der Waals surface area contributed by atoms with E-state index in [2.05, 4.69) is 20.8 Å². The SMILES string of the molecule is CC(C)[C@@H](NC(=O)c1cccc([N+](=O)[O-])c1)c1nnc(SCC(=O)N[C@H](C)c2ccccc2)n1C. The van der Waals surface area contributed by atoms with Crippen molar-refractivity contribution in [3.63, 3.8) is 0 Å². The molecule has 3 rings (SSSR count). The molecule has 35 heavy (non-hydrogen) atoms. The first-order valence-corrected chi connectivity index (χ1v) is 12.1. The largest absolute Gasteiger partial charge is 0.349 e. The first kappa shape index (κ1) is 25.9. The molecule has 2 atom stereocenters. The molecule has 1 aromatic heterocycles. The lowest BCUT2D eigenvalue weighted by Crippen LogP contribution is -2.33. The third kappa shape index (κ3) is 6.66. The molecule has 0 saturated carbocycles. The molecule has 0 aliphatic heterocycles. The molecule has 11 heteroatoms. The summed E-state index contributed by atoms with van der Waals surface area (Å²) >= 11 is 1.25. The van der Waals surface area contributed by atoms with Crippen LogP contribution >= 0.6 is 11.8 Å². The number of carbonyl (C=O) groups is 2. The summed E-state index contributed by atoms with van der Waals surface area (Å²) < 4.78 is 1.75. The minimum Gasteiger partial charge on any atom is -0.349 e. The van der Waals surface area contributed by atoms with Gasteiger partial charge in [0.1, 0.15) is 0 Å². The third-order valence-corrected chi connectivity index (χ3v) is 6.45. The van der Waals surface area contributed by atoms with Crippen LogP contribution in [0.3, 0.4) is 0 Å². The number of nitrogens with one attached hydrogen (secondary N) is 2. The molecule has 3 aromatic rings. The van der Waals surface area contributed by atoms with Gasteiger partial charge >= 0.3 is 0 Å². The minimum absolute atomic E-state index is 0.0339. The van der Waals surface area contributed by atoms with Crippen molar-refractivity contribution in [3.05, 3.63) is 81.7 Å². The van der Waals surface area contributed by atoms with Crippen LogP contribution < -0.4 is 10.6 Å². The summed E-state index contributed by atoms with van der Waals surface area (Å²) in [5.74, 6) is 0.0807. The second-order valence-electron chi connectivity index (χ2n) is 8.39. The standard InChI is InChI=1S/C24H28N6O4S/c1-15(2)21(26-23(32)18-11-8-12-19(13-18)30(33)34)22-27-28-24(29(22)4)35-14-20(31)25-16(3)17-9-6-5-7-10-17/h5-13,15-16,21H,14H2,1-4H3,(H,25,31)(H,26,32)/t16-,21-/m1/s1. The summed E-state index contributed by atoms with van der Waals surface area (Å²) in [4.78, 5) is 35.8. The maximum absolute atomic E-state index is 12.8. The summed E-state index contributed by atoms with van der Waals surface area (Å²) in [5, 5.41) is 25.9. The number of carbonyl (C=O) groups excluding carboxylic acids is 2. The van der Waals surface area contributed by atoms with E-state index in [4.69, 9.17) is 0 Å². The first-order chi connectivity index (χ1) is 16.7. The Morgan fingerprint density at radius 1 is 1.06 bits per heavy atom. The van der Waals surface area contributed by atoms with E-state index in [0.29, 0.717) is 11.0 Å². The van der Waals surface area contributed by atoms with E-state index in [1.807, 2.05) is 51.1 Å². The summed E-state index contributed by atoms with van der Waals surface area (Å²) in [6.45, 7) is 5.78. The molecule has 0 fully saturated rings. The Morgan fingerprint density at radius 3 is 2.43 bits per heavy atom. The smallest absolute Gasteiger partial charge is 0.270 e. The monoisotopic (exact) mass is 496 g/mol. The highest BCUT2D eigenvalue weighted by atomic mass is 32.2. The van der Waals surface area contributed by atoms with E-state index in [-0.39, 0.29) is 34.9 Å². The van der Waals surface area contributed by atoms with Crippen molar-refractivity contribution in [1.82, 2.24) is 25.4 Å². The van der Waals surface area contributed by atoms with Gasteiger partial charge in [-0.25, -0.2) is 0 Å². The van der Waals surface area contributed by atoms with Gasteiger partial charge in [0, 0.05) is 24.7 Å². The van der Waals surface area contributed by atoms with Gasteiger partial charge in [-0.05, 0) is 24.5 Å². The fraction of sp³-hybridized carbons (Fsp3) is 0.333. The maximum atomic E-state index is 12.8. The Kier molecular flexibility index (Phi) is 8.58. The highest BCUT2D eigenvalue weighted by Crippen LogP contribution is 2.25. The van der Waals surface area contributed by atoms with Gasteiger partial charge in [0.25, 0.3) is 11.6 Å². The number of nitro benzene ring substituents is 1. The van der Waals surface area contributed by atoms with Gasteiger partial charge in [-0.1, -0.05) is 62.0 Å². The van der Waals surface area contributed by atoms with Gasteiger partial charge in [-0.15, -0.1) is 10.2 Å². The molecule has 0 spiro atoms. The lowest BCUT2D eigenvalue weighted by molar-refractivity contribution is -0.384. The zero-order valence-electron chi connectivity index (χ0n) is 20.0. The summed E-state index contributed by atoms with van der Waals surface area (Å²) in [7, 11) is 1.77. The zero-order chi connectivity index (χ0) is 25.5. The molecule has 0 unspecified atom stereocenters. The van der Waals surface area contributed by atoms with Crippen molar-refractivity contribution in [1.29, 1.82) is 0 Å². The maximum Gasteiger partial charge on any atom is 0.270 e. The van der Waals surface area contributed by atoms with Gasteiger partial charge in [0.2, 0.25) is 5.91 Å². The Bertz CT molecular complexity index is 1200. The molecule has 2 N–H and O–H groups in total. The van der Waals surface area contributed by atoms with E-state index in [1.54, 1.807) is 11.6 Å². The molecule has 10 nitrogen and oxygen atoms in total. The lowest BCUT2D eigenvalue weighted by atomic mass is 10.0. The average Bonchev–Trinajstić information content (AvgIpc) is 3.21. The van der Waals surface area contributed by atoms with Crippen LogP contribution in [0.25, 0.3) is 0 Å². The molecule has 2 aromatic carbocycles. The minimum atomic E-state index is -0.542. The van der Waals surface area contributed by atoms with Gasteiger partial charge in [-0.2, -0.15) is 0 Å². The summed E-state index contributed by atoms with van der Waals surface area (Å²) in [6, 6.07) is 14.7. The van der Waals surface area contributed by atoms with Crippen molar-refractivity contribution < 1.29 is 14.5 Å². The van der Waals surface area contributed by atoms with E-state index in [1.165, 1.54) is 36.0 Å². The van der Waals surface area contributed by atoms with Crippen LogP contribution in [0.5, 0.6) is 0 Å². The average molecular weight is 497 g/mol. The highest BCUT2D eigenvalue weighted by Gasteiger charge is 2.26. The fourth-order valence-corrected chi connectivity index (χ4v) is 4.20. The quantitative estimate of drug-likeness (QED) is 0.248. The number of hydrogen-bond acceptors (Lipinski definition) is 7. The van der Waals surface area contributed by atoms with Crippen LogP contribution in [0.4, 0.5) is 5.69 Å². The van der Waals surface area contributed by atoms with Crippen molar-refractivity contribution >= 4 is 29.3 Å². The Morgan fingerprint density at radius 2 is 1.77 bits per heavy atom. The molecule has 184 valence electrons. The number of hydrogen-bond donors (Lipinski definition) is 2. The van der Waals surface area contributed by atoms with Crippen LogP contribution in [0.1, 0.15) is 54.6 Å². The van der Waals surface area contributed by atoms with E-state index < -0.39 is 16.9 Å². The topological polar surface area (TPSA) is 132 Å². The van der Waals surface area contributed by atoms with E-state index in [9.17, 15) is 19.7 Å². The second kappa shape index (κ2) is 11.6. The highest BCUT2D eigenvalue weighted by molar-refractivity contribution is 7.99. The predicted octanol–water partition coefficient (Wildman–Crippen LogP) is 3.82. The Balaban J connectivity index is 1.66. The second-order valence-corrected chi connectivity index (χ2v) is 9.33. The number of nitrogens with zero attached hydrogens (tertiary/aromatic N) is 4. The number of rotatable bonds is 10. The molecule has 0 radical (unpaired) electrons. The molecule has 2 amide bonds. The number of thioether (sulfide) groups is 1. The number of benzene rings is 2. The normalized spacial score (nSPS) is 12.7. The molecule has 0 aliphatic carbocycles. The number of amides is 2. The van der Waals surface area contributed by atoms with Crippen LogP contribution in [0.2, 0.25) is 0 Å². The van der Waals surface area contributed by atoms with Gasteiger partial charge < -0.3 is 15.2 Å². The van der Waals surface area contributed by atoms with Gasteiger partial charge in [0.05, 0.1) is 22.8 Å². The molecular weight excluding hydrogens is 468 g/mol. The molecular formula is C24H28N6O4S. The van der Waals surface area contributed by atoms with Crippen molar-refractivity contribution in [3.8, 4) is 0 Å². The zero-order valence-corrected chi connectivity index (χ0v) is 20.8. The number of aromatic nitrogens is 3. The first-order valence-electron chi connectivity index (χ1n) is 11.1. The van der Waals surface area contributed by atoms with E-state index in [0.717, 1.165) is 5.56 Å². The summed E-state index contributed by atoms with van der Waals surface area (Å²) in [5.41, 5.74) is 1.05. The Hall–Kier alpha value is -3.73.